The molecule has 0 spiro atoms. The molecule has 2 aromatic rings. The number of fused-ring (bicyclic) bond motifs is 5. The lowest BCUT2D eigenvalue weighted by atomic mass is 9.82. The minimum Gasteiger partial charge on any atom is -0.0891 e. The maximum absolute atomic E-state index is 5.63. The SMILES string of the molecule is S=C1C=CC=C2c3ccccc3Sc3ccccc3C12. The summed E-state index contributed by atoms with van der Waals surface area (Å²) in [5, 5.41) is 0. The maximum Gasteiger partial charge on any atom is 0.0459 e. The van der Waals surface area contributed by atoms with Crippen LogP contribution in [0.2, 0.25) is 0 Å². The predicted molar refractivity (Wildman–Crippen MR) is 89.5 cm³/mol. The molecule has 0 saturated heterocycles. The van der Waals surface area contributed by atoms with E-state index < -0.39 is 0 Å². The lowest BCUT2D eigenvalue weighted by Gasteiger charge is -2.22. The van der Waals surface area contributed by atoms with Gasteiger partial charge in [0.15, 0.2) is 0 Å². The summed E-state index contributed by atoms with van der Waals surface area (Å²) < 4.78 is 0. The highest BCUT2D eigenvalue weighted by Gasteiger charge is 2.29. The van der Waals surface area contributed by atoms with Crippen LogP contribution in [0.1, 0.15) is 17.0 Å². The van der Waals surface area contributed by atoms with Gasteiger partial charge in [0.05, 0.1) is 0 Å². The Bertz CT molecular complexity index is 768. The van der Waals surface area contributed by atoms with Crippen LogP contribution in [0.5, 0.6) is 0 Å². The molecule has 0 amide bonds. The molecule has 2 aliphatic rings. The van der Waals surface area contributed by atoms with Crippen LogP contribution >= 0.6 is 24.0 Å². The molecule has 0 bridgehead atoms. The average Bonchev–Trinajstić information content (AvgIpc) is 2.62. The molecule has 1 unspecified atom stereocenters. The number of hydrogen-bond acceptors (Lipinski definition) is 2. The van der Waals surface area contributed by atoms with Gasteiger partial charge in [0.2, 0.25) is 0 Å². The van der Waals surface area contributed by atoms with Crippen molar-refractivity contribution in [1.29, 1.82) is 0 Å². The van der Waals surface area contributed by atoms with Crippen LogP contribution in [0, 0.1) is 0 Å². The third-order valence-corrected chi connectivity index (χ3v) is 5.32. The molecule has 0 nitrogen and oxygen atoms in total. The second-order valence-corrected chi connectivity index (χ2v) is 6.51. The number of thiocarbonyl (C=S) groups is 1. The molecule has 1 heterocycles. The fraction of sp³-hybridized carbons (Fsp3) is 0.0556. The molecule has 1 aliphatic carbocycles. The normalized spacial score (nSPS) is 19.5. The Morgan fingerprint density at radius 1 is 0.900 bits per heavy atom. The summed E-state index contributed by atoms with van der Waals surface area (Å²) in [6, 6.07) is 17.2. The van der Waals surface area contributed by atoms with Gasteiger partial charge in [-0.3, -0.25) is 0 Å². The standard InChI is InChI=1S/C18H12S2/c19-15-9-5-8-13-12-6-1-3-10-16(12)20-17-11-4-2-7-14(17)18(13)15/h1-11,18H. The second kappa shape index (κ2) is 4.72. The van der Waals surface area contributed by atoms with Crippen LogP contribution in [0.3, 0.4) is 0 Å². The summed E-state index contributed by atoms with van der Waals surface area (Å²) in [6.07, 6.45) is 6.34. The molecule has 0 saturated carbocycles. The van der Waals surface area contributed by atoms with Gasteiger partial charge in [-0.25, -0.2) is 0 Å². The van der Waals surface area contributed by atoms with Crippen LogP contribution in [-0.4, -0.2) is 4.86 Å². The van der Waals surface area contributed by atoms with E-state index in [1.54, 1.807) is 0 Å². The van der Waals surface area contributed by atoms with Crippen LogP contribution in [0.4, 0.5) is 0 Å². The highest BCUT2D eigenvalue weighted by Crippen LogP contribution is 2.48. The second-order valence-electron chi connectivity index (χ2n) is 4.95. The van der Waals surface area contributed by atoms with E-state index >= 15 is 0 Å². The summed E-state index contributed by atoms with van der Waals surface area (Å²) in [5.74, 6) is 0.211. The molecule has 20 heavy (non-hydrogen) atoms. The van der Waals surface area contributed by atoms with E-state index in [1.165, 1.54) is 26.5 Å². The van der Waals surface area contributed by atoms with Gasteiger partial charge in [0.1, 0.15) is 0 Å². The monoisotopic (exact) mass is 292 g/mol. The molecule has 96 valence electrons. The van der Waals surface area contributed by atoms with Crippen molar-refractivity contribution in [2.45, 2.75) is 15.7 Å². The van der Waals surface area contributed by atoms with Gasteiger partial charge in [0, 0.05) is 20.6 Å². The number of benzene rings is 2. The summed E-state index contributed by atoms with van der Waals surface area (Å²) >= 11 is 7.48. The van der Waals surface area contributed by atoms with Crippen molar-refractivity contribution >= 4 is 34.4 Å². The predicted octanol–water partition coefficient (Wildman–Crippen LogP) is 5.26. The average molecular weight is 292 g/mol. The molecular weight excluding hydrogens is 280 g/mol. The van der Waals surface area contributed by atoms with E-state index in [0.29, 0.717) is 0 Å². The van der Waals surface area contributed by atoms with E-state index in [9.17, 15) is 0 Å². The smallest absolute Gasteiger partial charge is 0.0459 e. The highest BCUT2D eigenvalue weighted by atomic mass is 32.2. The minimum absolute atomic E-state index is 0.211. The van der Waals surface area contributed by atoms with Crippen LogP contribution in [0.25, 0.3) is 5.57 Å². The van der Waals surface area contributed by atoms with E-state index in [-0.39, 0.29) is 5.92 Å². The Morgan fingerprint density at radius 2 is 1.65 bits per heavy atom. The van der Waals surface area contributed by atoms with Gasteiger partial charge in [-0.1, -0.05) is 72.5 Å². The summed E-state index contributed by atoms with van der Waals surface area (Å²) in [6.45, 7) is 0. The first-order valence-electron chi connectivity index (χ1n) is 6.63. The summed E-state index contributed by atoms with van der Waals surface area (Å²) in [4.78, 5) is 3.63. The zero-order valence-corrected chi connectivity index (χ0v) is 12.4. The Kier molecular flexibility index (Phi) is 2.86. The largest absolute Gasteiger partial charge is 0.0891 e. The molecule has 2 aromatic carbocycles. The first-order chi connectivity index (χ1) is 9.84. The molecule has 4 rings (SSSR count). The van der Waals surface area contributed by atoms with Crippen molar-refractivity contribution in [3.8, 4) is 0 Å². The van der Waals surface area contributed by atoms with E-state index in [0.717, 1.165) is 4.86 Å². The lowest BCUT2D eigenvalue weighted by molar-refractivity contribution is 1.12. The molecule has 0 radical (unpaired) electrons. The molecule has 0 N–H and O–H groups in total. The van der Waals surface area contributed by atoms with E-state index in [4.69, 9.17) is 12.2 Å². The molecule has 2 heteroatoms. The topological polar surface area (TPSA) is 0 Å². The van der Waals surface area contributed by atoms with Gasteiger partial charge in [0.25, 0.3) is 0 Å². The molecule has 0 fully saturated rings. The van der Waals surface area contributed by atoms with Gasteiger partial charge in [-0.05, 0) is 34.9 Å². The Balaban J connectivity index is 2.05. The van der Waals surface area contributed by atoms with Crippen molar-refractivity contribution < 1.29 is 0 Å². The van der Waals surface area contributed by atoms with Gasteiger partial charge >= 0.3 is 0 Å². The van der Waals surface area contributed by atoms with Crippen molar-refractivity contribution in [2.75, 3.05) is 0 Å². The minimum atomic E-state index is 0.211. The fourth-order valence-corrected chi connectivity index (χ4v) is 4.35. The van der Waals surface area contributed by atoms with Crippen molar-refractivity contribution in [1.82, 2.24) is 0 Å². The molecule has 1 aliphatic heterocycles. The van der Waals surface area contributed by atoms with Gasteiger partial charge in [-0.15, -0.1) is 0 Å². The van der Waals surface area contributed by atoms with Gasteiger partial charge in [-0.2, -0.15) is 0 Å². The van der Waals surface area contributed by atoms with Crippen molar-refractivity contribution in [2.24, 2.45) is 0 Å². The zero-order chi connectivity index (χ0) is 13.5. The Hall–Kier alpha value is -1.64. The third kappa shape index (κ3) is 1.80. The van der Waals surface area contributed by atoms with Crippen LogP contribution in [-0.2, 0) is 0 Å². The number of rotatable bonds is 0. The van der Waals surface area contributed by atoms with Crippen molar-refractivity contribution in [3.63, 3.8) is 0 Å². The summed E-state index contributed by atoms with van der Waals surface area (Å²) in [7, 11) is 0. The molecule has 1 atom stereocenters. The fourth-order valence-electron chi connectivity index (χ4n) is 2.88. The quantitative estimate of drug-likeness (QED) is 0.608. The number of hydrogen-bond donors (Lipinski definition) is 0. The third-order valence-electron chi connectivity index (χ3n) is 3.78. The Morgan fingerprint density at radius 3 is 2.55 bits per heavy atom. The van der Waals surface area contributed by atoms with E-state index in [2.05, 4.69) is 66.8 Å². The first-order valence-corrected chi connectivity index (χ1v) is 7.85. The zero-order valence-electron chi connectivity index (χ0n) is 10.7. The van der Waals surface area contributed by atoms with Crippen molar-refractivity contribution in [3.05, 3.63) is 77.9 Å². The molecular formula is C18H12S2. The van der Waals surface area contributed by atoms with Crippen LogP contribution in [0.15, 0.2) is 76.5 Å². The maximum atomic E-state index is 5.63. The summed E-state index contributed by atoms with van der Waals surface area (Å²) in [5.41, 5.74) is 3.96. The molecule has 0 aromatic heterocycles. The van der Waals surface area contributed by atoms with E-state index in [1.807, 2.05) is 11.8 Å². The highest BCUT2D eigenvalue weighted by molar-refractivity contribution is 7.99. The van der Waals surface area contributed by atoms with Crippen LogP contribution < -0.4 is 0 Å². The lowest BCUT2D eigenvalue weighted by Crippen LogP contribution is -2.13. The van der Waals surface area contributed by atoms with Gasteiger partial charge < -0.3 is 0 Å². The first kappa shape index (κ1) is 12.1. The Labute approximate surface area is 128 Å². The number of allylic oxidation sites excluding steroid dienone is 4.